The van der Waals surface area contributed by atoms with E-state index in [1.54, 1.807) is 6.07 Å². The van der Waals surface area contributed by atoms with Crippen molar-refractivity contribution in [2.75, 3.05) is 24.6 Å². The van der Waals surface area contributed by atoms with Gasteiger partial charge in [0.1, 0.15) is 0 Å². The molecule has 1 unspecified atom stereocenters. The van der Waals surface area contributed by atoms with Gasteiger partial charge in [-0.15, -0.1) is 0 Å². The minimum Gasteiger partial charge on any atom is -0.396 e. The molecule has 1 aliphatic heterocycles. The van der Waals surface area contributed by atoms with Crippen LogP contribution >= 0.6 is 0 Å². The largest absolute Gasteiger partial charge is 0.396 e. The van der Waals surface area contributed by atoms with Gasteiger partial charge in [-0.25, -0.2) is 0 Å². The van der Waals surface area contributed by atoms with Crippen molar-refractivity contribution in [1.29, 1.82) is 0 Å². The second-order valence-corrected chi connectivity index (χ2v) is 4.51. The first-order valence-corrected chi connectivity index (χ1v) is 5.89. The molecule has 98 valence electrons. The van der Waals surface area contributed by atoms with Crippen LogP contribution in [0.15, 0.2) is 18.2 Å². The molecule has 18 heavy (non-hydrogen) atoms. The van der Waals surface area contributed by atoms with Gasteiger partial charge in [0.25, 0.3) is 5.69 Å². The molecule has 1 heterocycles. The summed E-state index contributed by atoms with van der Waals surface area (Å²) in [5.41, 5.74) is 1.36. The van der Waals surface area contributed by atoms with Gasteiger partial charge >= 0.3 is 0 Å². The standard InChI is InChI=1S/C12H16N2O4/c15-7-9-3-4-13(6-9)12-2-1-11(14(17)18)5-10(12)8-16/h1-2,5,9,15-16H,3-4,6-8H2. The number of nitro groups is 1. The molecular weight excluding hydrogens is 236 g/mol. The summed E-state index contributed by atoms with van der Waals surface area (Å²) in [4.78, 5) is 12.3. The fourth-order valence-electron chi connectivity index (χ4n) is 2.32. The molecule has 0 bridgehead atoms. The lowest BCUT2D eigenvalue weighted by atomic mass is 10.1. The van der Waals surface area contributed by atoms with Crippen molar-refractivity contribution in [3.05, 3.63) is 33.9 Å². The molecule has 2 N–H and O–H groups in total. The van der Waals surface area contributed by atoms with Gasteiger partial charge in [0, 0.05) is 49.0 Å². The zero-order valence-corrected chi connectivity index (χ0v) is 9.95. The van der Waals surface area contributed by atoms with E-state index in [0.29, 0.717) is 5.56 Å². The first kappa shape index (κ1) is 12.8. The number of nitro benzene ring substituents is 1. The normalized spacial score (nSPS) is 19.2. The summed E-state index contributed by atoms with van der Waals surface area (Å²) in [6.07, 6.45) is 0.901. The summed E-state index contributed by atoms with van der Waals surface area (Å²) >= 11 is 0. The summed E-state index contributed by atoms with van der Waals surface area (Å²) in [7, 11) is 0. The van der Waals surface area contributed by atoms with Gasteiger partial charge in [-0.1, -0.05) is 0 Å². The second-order valence-electron chi connectivity index (χ2n) is 4.51. The molecule has 2 rings (SSSR count). The Bertz CT molecular complexity index is 450. The molecule has 1 fully saturated rings. The highest BCUT2D eigenvalue weighted by molar-refractivity contribution is 5.58. The fourth-order valence-corrected chi connectivity index (χ4v) is 2.32. The van der Waals surface area contributed by atoms with Crippen molar-refractivity contribution in [2.24, 2.45) is 5.92 Å². The lowest BCUT2D eigenvalue weighted by Crippen LogP contribution is -2.22. The first-order valence-electron chi connectivity index (χ1n) is 5.89. The molecular formula is C12H16N2O4. The number of non-ortho nitro benzene ring substituents is 1. The Kier molecular flexibility index (Phi) is 3.78. The maximum atomic E-state index is 10.7. The molecule has 6 heteroatoms. The molecule has 1 aromatic rings. The van der Waals surface area contributed by atoms with Crippen molar-refractivity contribution < 1.29 is 15.1 Å². The summed E-state index contributed by atoms with van der Waals surface area (Å²) < 4.78 is 0. The summed E-state index contributed by atoms with van der Waals surface area (Å²) in [6.45, 7) is 1.45. The molecule has 0 aliphatic carbocycles. The van der Waals surface area contributed by atoms with Crippen LogP contribution in [0.4, 0.5) is 11.4 Å². The van der Waals surface area contributed by atoms with E-state index in [2.05, 4.69) is 4.90 Å². The van der Waals surface area contributed by atoms with Crippen LogP contribution < -0.4 is 4.90 Å². The Labute approximate surface area is 105 Å². The van der Waals surface area contributed by atoms with Crippen molar-refractivity contribution in [2.45, 2.75) is 13.0 Å². The Hall–Kier alpha value is -1.66. The quantitative estimate of drug-likeness (QED) is 0.614. The lowest BCUT2D eigenvalue weighted by Gasteiger charge is -2.21. The number of aliphatic hydroxyl groups is 2. The highest BCUT2D eigenvalue weighted by Crippen LogP contribution is 2.29. The van der Waals surface area contributed by atoms with E-state index >= 15 is 0 Å². The third kappa shape index (κ3) is 2.44. The topological polar surface area (TPSA) is 86.8 Å². The average molecular weight is 252 g/mol. The SMILES string of the molecule is O=[N+]([O-])c1ccc(N2CCC(CO)C2)c(CO)c1. The molecule has 0 saturated carbocycles. The van der Waals surface area contributed by atoms with Gasteiger partial charge in [0.05, 0.1) is 11.5 Å². The van der Waals surface area contributed by atoms with Crippen LogP contribution in [0.3, 0.4) is 0 Å². The van der Waals surface area contributed by atoms with Crippen molar-refractivity contribution >= 4 is 11.4 Å². The second kappa shape index (κ2) is 5.32. The van der Waals surface area contributed by atoms with Gasteiger partial charge in [0.15, 0.2) is 0 Å². The number of benzene rings is 1. The molecule has 0 aromatic heterocycles. The Balaban J connectivity index is 2.25. The molecule has 1 aliphatic rings. The predicted octanol–water partition coefficient (Wildman–Crippen LogP) is 0.906. The van der Waals surface area contributed by atoms with Crippen LogP contribution in [0.25, 0.3) is 0 Å². The highest BCUT2D eigenvalue weighted by Gasteiger charge is 2.24. The van der Waals surface area contributed by atoms with Crippen molar-refractivity contribution in [3.8, 4) is 0 Å². The number of hydrogen-bond donors (Lipinski definition) is 2. The van der Waals surface area contributed by atoms with Crippen LogP contribution in [-0.4, -0.2) is 34.8 Å². The monoisotopic (exact) mass is 252 g/mol. The zero-order valence-electron chi connectivity index (χ0n) is 9.95. The summed E-state index contributed by atoms with van der Waals surface area (Å²) in [5.74, 6) is 0.242. The number of anilines is 1. The van der Waals surface area contributed by atoms with Crippen LogP contribution in [0.1, 0.15) is 12.0 Å². The Morgan fingerprint density at radius 1 is 1.44 bits per heavy atom. The maximum absolute atomic E-state index is 10.7. The van der Waals surface area contributed by atoms with E-state index in [9.17, 15) is 15.2 Å². The van der Waals surface area contributed by atoms with E-state index < -0.39 is 4.92 Å². The number of aliphatic hydroxyl groups excluding tert-OH is 2. The first-order chi connectivity index (χ1) is 8.65. The van der Waals surface area contributed by atoms with Gasteiger partial charge in [0.2, 0.25) is 0 Å². The van der Waals surface area contributed by atoms with Gasteiger partial charge in [-0.05, 0) is 12.5 Å². The molecule has 0 amide bonds. The number of hydrogen-bond acceptors (Lipinski definition) is 5. The molecule has 1 saturated heterocycles. The van der Waals surface area contributed by atoms with Crippen LogP contribution in [0.5, 0.6) is 0 Å². The van der Waals surface area contributed by atoms with Crippen LogP contribution in [0.2, 0.25) is 0 Å². The molecule has 1 atom stereocenters. The zero-order chi connectivity index (χ0) is 13.1. The molecule has 6 nitrogen and oxygen atoms in total. The van der Waals surface area contributed by atoms with Gasteiger partial charge < -0.3 is 15.1 Å². The van der Waals surface area contributed by atoms with E-state index in [4.69, 9.17) is 5.11 Å². The molecule has 1 aromatic carbocycles. The fraction of sp³-hybridized carbons (Fsp3) is 0.500. The van der Waals surface area contributed by atoms with Crippen LogP contribution in [-0.2, 0) is 6.61 Å². The maximum Gasteiger partial charge on any atom is 0.269 e. The molecule has 0 radical (unpaired) electrons. The number of nitrogens with zero attached hydrogens (tertiary/aromatic N) is 2. The lowest BCUT2D eigenvalue weighted by molar-refractivity contribution is -0.384. The van der Waals surface area contributed by atoms with E-state index in [-0.39, 0.29) is 24.8 Å². The summed E-state index contributed by atoms with van der Waals surface area (Å²) in [5, 5.41) is 29.1. The van der Waals surface area contributed by atoms with Crippen molar-refractivity contribution in [3.63, 3.8) is 0 Å². The third-order valence-electron chi connectivity index (χ3n) is 3.33. The third-order valence-corrected chi connectivity index (χ3v) is 3.33. The highest BCUT2D eigenvalue weighted by atomic mass is 16.6. The Morgan fingerprint density at radius 2 is 2.22 bits per heavy atom. The van der Waals surface area contributed by atoms with E-state index in [0.717, 1.165) is 25.2 Å². The minimum absolute atomic E-state index is 0.0132. The van der Waals surface area contributed by atoms with E-state index in [1.165, 1.54) is 12.1 Å². The van der Waals surface area contributed by atoms with Gasteiger partial charge in [-0.3, -0.25) is 10.1 Å². The van der Waals surface area contributed by atoms with Crippen LogP contribution in [0, 0.1) is 16.0 Å². The number of rotatable bonds is 4. The minimum atomic E-state index is -0.469. The Morgan fingerprint density at radius 3 is 2.78 bits per heavy atom. The van der Waals surface area contributed by atoms with Gasteiger partial charge in [-0.2, -0.15) is 0 Å². The summed E-state index contributed by atoms with van der Waals surface area (Å²) in [6, 6.07) is 4.52. The van der Waals surface area contributed by atoms with E-state index in [1.807, 2.05) is 0 Å². The predicted molar refractivity (Wildman–Crippen MR) is 66.4 cm³/mol. The average Bonchev–Trinajstić information content (AvgIpc) is 2.86. The smallest absolute Gasteiger partial charge is 0.269 e. The van der Waals surface area contributed by atoms with Crippen molar-refractivity contribution in [1.82, 2.24) is 0 Å². The molecule has 0 spiro atoms.